The second-order valence-corrected chi connectivity index (χ2v) is 9.08. The van der Waals surface area contributed by atoms with E-state index in [1.165, 1.54) is 0 Å². The van der Waals surface area contributed by atoms with E-state index < -0.39 is 14.0 Å². The minimum atomic E-state index is -1.10. The second kappa shape index (κ2) is 5.35. The van der Waals surface area contributed by atoms with Crippen molar-refractivity contribution in [1.29, 1.82) is 0 Å². The molecule has 56 valence electrons. The summed E-state index contributed by atoms with van der Waals surface area (Å²) in [4.78, 5) is 10.1. The van der Waals surface area contributed by atoms with Crippen molar-refractivity contribution in [2.45, 2.75) is 32.1 Å². The van der Waals surface area contributed by atoms with Gasteiger partial charge < -0.3 is 5.11 Å². The number of rotatable bonds is 3. The average molecular weight is 170 g/mol. The van der Waals surface area contributed by atoms with E-state index in [4.69, 9.17) is 5.11 Å². The van der Waals surface area contributed by atoms with Gasteiger partial charge in [-0.3, -0.25) is 4.79 Å². The molecule has 0 heterocycles. The van der Waals surface area contributed by atoms with Gasteiger partial charge in [0.05, 0.1) is 0 Å². The molecule has 0 aliphatic carbocycles. The predicted molar refractivity (Wildman–Crippen MR) is 47.6 cm³/mol. The molecule has 0 atom stereocenters. The molecule has 0 rings (SSSR count). The van der Waals surface area contributed by atoms with Crippen molar-refractivity contribution in [3.63, 3.8) is 0 Å². The molecule has 1 N–H and O–H groups in total. The molecule has 4 heteroatoms. The third kappa shape index (κ3) is 11.5. The molecule has 0 saturated heterocycles. The zero-order valence-corrected chi connectivity index (χ0v) is 7.27. The number of carboxylic acids is 1. The predicted octanol–water partition coefficient (Wildman–Crippen LogP) is 1.15. The first-order chi connectivity index (χ1) is 3.92. The second-order valence-electron chi connectivity index (χ2n) is 3.45. The summed E-state index contributed by atoms with van der Waals surface area (Å²) in [6.45, 7) is 6.53. The van der Waals surface area contributed by atoms with Crippen molar-refractivity contribution in [3.8, 4) is 0 Å². The van der Waals surface area contributed by atoms with Crippen molar-refractivity contribution in [2.24, 2.45) is 0 Å². The summed E-state index contributed by atoms with van der Waals surface area (Å²) in [6, 6.07) is 0.891. The van der Waals surface area contributed by atoms with Gasteiger partial charge in [0.1, 0.15) is 0 Å². The van der Waals surface area contributed by atoms with Crippen LogP contribution >= 0.6 is 0 Å². The Labute approximate surface area is 85.3 Å². The van der Waals surface area contributed by atoms with Gasteiger partial charge in [0, 0.05) is 14.5 Å². The summed E-state index contributed by atoms with van der Waals surface area (Å²) in [6.07, 6.45) is 0.343. The summed E-state index contributed by atoms with van der Waals surface area (Å²) < 4.78 is 0. The molecule has 0 aromatic carbocycles. The Morgan fingerprint density at radius 3 is 1.90 bits per heavy atom. The van der Waals surface area contributed by atoms with E-state index in [2.05, 4.69) is 19.6 Å². The average Bonchev–Trinajstić information content (AvgIpc) is 1.59. The zero-order valence-electron chi connectivity index (χ0n) is 6.27. The number of carbonyl (C=O) groups is 1. The van der Waals surface area contributed by atoms with Crippen molar-refractivity contribution < 1.29 is 9.90 Å². The summed E-state index contributed by atoms with van der Waals surface area (Å²) in [5.41, 5.74) is 0. The first-order valence-corrected chi connectivity index (χ1v) is 6.84. The van der Waals surface area contributed by atoms with Gasteiger partial charge in [-0.1, -0.05) is 19.6 Å². The molecule has 0 aromatic heterocycles. The van der Waals surface area contributed by atoms with E-state index in [9.17, 15) is 4.79 Å². The van der Waals surface area contributed by atoms with E-state index in [1.54, 1.807) is 0 Å². The fourth-order valence-electron chi connectivity index (χ4n) is 0.482. The summed E-state index contributed by atoms with van der Waals surface area (Å²) >= 11 is 0. The van der Waals surface area contributed by atoms with E-state index >= 15 is 0 Å². The van der Waals surface area contributed by atoms with Crippen molar-refractivity contribution in [2.75, 3.05) is 0 Å². The van der Waals surface area contributed by atoms with E-state index in [0.29, 0.717) is 6.42 Å². The summed E-state index contributed by atoms with van der Waals surface area (Å²) in [5, 5.41) is 8.30. The van der Waals surface area contributed by atoms with E-state index in [1.807, 2.05) is 0 Å². The monoisotopic (exact) mass is 170 g/mol. The maximum atomic E-state index is 10.1. The van der Waals surface area contributed by atoms with Gasteiger partial charge in [-0.2, -0.15) is 0 Å². The Hall–Kier alpha value is 0.687. The number of carboxylic acid groups (broad SMARTS) is 1. The standard InChI is InChI=1S/C6H14O2Si.Na.H/c1-9(2,3)5-4-6(7)8;;/h4-5H2,1-3H3,(H,7,8);;. The Morgan fingerprint density at radius 2 is 1.80 bits per heavy atom. The molecule has 0 fully saturated rings. The molecular weight excluding hydrogens is 155 g/mol. The van der Waals surface area contributed by atoms with Gasteiger partial charge in [0.25, 0.3) is 0 Å². The van der Waals surface area contributed by atoms with Crippen LogP contribution in [0.3, 0.4) is 0 Å². The van der Waals surface area contributed by atoms with Crippen molar-refractivity contribution >= 4 is 43.6 Å². The Balaban J connectivity index is 0. The molecule has 2 nitrogen and oxygen atoms in total. The molecule has 0 saturated carbocycles. The van der Waals surface area contributed by atoms with Crippen LogP contribution in [-0.2, 0) is 4.79 Å². The van der Waals surface area contributed by atoms with E-state index in [-0.39, 0.29) is 29.6 Å². The van der Waals surface area contributed by atoms with Gasteiger partial charge in [0.2, 0.25) is 0 Å². The van der Waals surface area contributed by atoms with Crippen LogP contribution in [-0.4, -0.2) is 48.7 Å². The van der Waals surface area contributed by atoms with Crippen LogP contribution in [0.2, 0.25) is 25.7 Å². The first kappa shape index (κ1) is 13.3. The molecule has 10 heavy (non-hydrogen) atoms. The molecular formula is C6H15NaO2Si. The molecule has 0 aliphatic rings. The number of hydrogen-bond acceptors (Lipinski definition) is 1. The Morgan fingerprint density at radius 1 is 1.40 bits per heavy atom. The molecule has 0 aliphatic heterocycles. The van der Waals surface area contributed by atoms with Crippen LogP contribution < -0.4 is 0 Å². The van der Waals surface area contributed by atoms with Gasteiger partial charge >= 0.3 is 35.5 Å². The first-order valence-electron chi connectivity index (χ1n) is 3.13. The third-order valence-corrected chi connectivity index (χ3v) is 2.84. The Kier molecular flexibility index (Phi) is 7.11. The van der Waals surface area contributed by atoms with Gasteiger partial charge in [0.15, 0.2) is 0 Å². The Bertz CT molecular complexity index is 109. The zero-order chi connectivity index (χ0) is 7.49. The third-order valence-electron chi connectivity index (χ3n) is 1.09. The van der Waals surface area contributed by atoms with Crippen LogP contribution in [0.15, 0.2) is 0 Å². The number of aliphatic carboxylic acids is 1. The SMILES string of the molecule is C[Si](C)(C)CCC(=O)O.[NaH]. The molecule has 0 bridgehead atoms. The van der Waals surface area contributed by atoms with Gasteiger partial charge in [-0.05, 0) is 6.04 Å². The van der Waals surface area contributed by atoms with Crippen LogP contribution in [0.1, 0.15) is 6.42 Å². The molecule has 0 unspecified atom stereocenters. The van der Waals surface area contributed by atoms with Crippen LogP contribution in [0.25, 0.3) is 0 Å². The minimum absolute atomic E-state index is 0. The molecule has 0 aromatic rings. The molecule has 0 amide bonds. The summed E-state index contributed by atoms with van der Waals surface area (Å²) in [7, 11) is -1.10. The fraction of sp³-hybridized carbons (Fsp3) is 0.833. The van der Waals surface area contributed by atoms with Crippen LogP contribution in [0.4, 0.5) is 0 Å². The van der Waals surface area contributed by atoms with Crippen LogP contribution in [0, 0.1) is 0 Å². The topological polar surface area (TPSA) is 37.3 Å². The van der Waals surface area contributed by atoms with Crippen molar-refractivity contribution in [3.05, 3.63) is 0 Å². The molecule has 0 spiro atoms. The molecule has 0 radical (unpaired) electrons. The van der Waals surface area contributed by atoms with Crippen LogP contribution in [0.5, 0.6) is 0 Å². The maximum absolute atomic E-state index is 10.1. The van der Waals surface area contributed by atoms with Gasteiger partial charge in [-0.15, -0.1) is 0 Å². The van der Waals surface area contributed by atoms with E-state index in [0.717, 1.165) is 6.04 Å². The van der Waals surface area contributed by atoms with Crippen molar-refractivity contribution in [1.82, 2.24) is 0 Å². The fourth-order valence-corrected chi connectivity index (χ4v) is 1.45. The summed E-state index contributed by atoms with van der Waals surface area (Å²) in [5.74, 6) is -0.669. The van der Waals surface area contributed by atoms with Gasteiger partial charge in [-0.25, -0.2) is 0 Å². The number of hydrogen-bond donors (Lipinski definition) is 1. The quantitative estimate of drug-likeness (QED) is 0.645. The normalized spacial score (nSPS) is 10.3.